The van der Waals surface area contributed by atoms with Crippen LogP contribution in [0.3, 0.4) is 0 Å². The standard InChI is InChI=1S/C10H9F2NO/c11-10(12,6-14)9-5-7-3-1-2-4-8(7)13-9/h1-5,13-14H,6H2. The quantitative estimate of drug-likeness (QED) is 0.761. The van der Waals surface area contributed by atoms with Gasteiger partial charge in [0.15, 0.2) is 0 Å². The van der Waals surface area contributed by atoms with E-state index in [1.165, 1.54) is 6.07 Å². The van der Waals surface area contributed by atoms with Gasteiger partial charge in [0, 0.05) is 5.52 Å². The normalized spacial score (nSPS) is 12.2. The van der Waals surface area contributed by atoms with Crippen molar-refractivity contribution in [3.05, 3.63) is 36.0 Å². The molecule has 0 aliphatic rings. The van der Waals surface area contributed by atoms with Crippen molar-refractivity contribution >= 4 is 10.9 Å². The van der Waals surface area contributed by atoms with Gasteiger partial charge in [-0.3, -0.25) is 0 Å². The number of aromatic amines is 1. The molecule has 4 heteroatoms. The van der Waals surface area contributed by atoms with Crippen molar-refractivity contribution in [2.75, 3.05) is 6.61 Å². The van der Waals surface area contributed by atoms with E-state index >= 15 is 0 Å². The molecule has 0 aliphatic carbocycles. The molecule has 0 spiro atoms. The zero-order valence-corrected chi connectivity index (χ0v) is 7.30. The van der Waals surface area contributed by atoms with Crippen LogP contribution in [0.4, 0.5) is 8.78 Å². The Morgan fingerprint density at radius 2 is 2.00 bits per heavy atom. The smallest absolute Gasteiger partial charge is 0.310 e. The molecule has 0 amide bonds. The molecule has 0 saturated heterocycles. The van der Waals surface area contributed by atoms with E-state index in [9.17, 15) is 8.78 Å². The molecule has 0 radical (unpaired) electrons. The van der Waals surface area contributed by atoms with Crippen molar-refractivity contribution in [1.29, 1.82) is 0 Å². The molecular weight excluding hydrogens is 188 g/mol. The number of halogens is 2. The van der Waals surface area contributed by atoms with Gasteiger partial charge in [-0.25, -0.2) is 0 Å². The number of rotatable bonds is 2. The second-order valence-corrected chi connectivity index (χ2v) is 3.13. The third kappa shape index (κ3) is 1.37. The molecule has 14 heavy (non-hydrogen) atoms. The van der Waals surface area contributed by atoms with Crippen LogP contribution in [0.1, 0.15) is 5.69 Å². The van der Waals surface area contributed by atoms with E-state index in [-0.39, 0.29) is 5.69 Å². The third-order valence-electron chi connectivity index (χ3n) is 2.12. The number of aromatic nitrogens is 1. The second kappa shape index (κ2) is 3.06. The van der Waals surface area contributed by atoms with Crippen LogP contribution in [0, 0.1) is 0 Å². The van der Waals surface area contributed by atoms with Crippen LogP contribution in [0.5, 0.6) is 0 Å². The number of alkyl halides is 2. The van der Waals surface area contributed by atoms with E-state index in [0.717, 1.165) is 5.39 Å². The Morgan fingerprint density at radius 1 is 1.29 bits per heavy atom. The van der Waals surface area contributed by atoms with Crippen LogP contribution in [0.15, 0.2) is 30.3 Å². The zero-order chi connectivity index (χ0) is 10.2. The average molecular weight is 197 g/mol. The van der Waals surface area contributed by atoms with Gasteiger partial charge >= 0.3 is 5.92 Å². The molecule has 0 saturated carbocycles. The van der Waals surface area contributed by atoms with E-state index in [1.807, 2.05) is 0 Å². The molecule has 1 aromatic carbocycles. The summed E-state index contributed by atoms with van der Waals surface area (Å²) in [5.74, 6) is -3.20. The molecule has 2 aromatic rings. The number of para-hydroxylation sites is 1. The van der Waals surface area contributed by atoms with Gasteiger partial charge in [0.25, 0.3) is 0 Å². The first-order valence-corrected chi connectivity index (χ1v) is 4.20. The van der Waals surface area contributed by atoms with Gasteiger partial charge in [-0.1, -0.05) is 18.2 Å². The minimum absolute atomic E-state index is 0.249. The molecule has 2 N–H and O–H groups in total. The fourth-order valence-corrected chi connectivity index (χ4v) is 1.36. The third-order valence-corrected chi connectivity index (χ3v) is 2.12. The largest absolute Gasteiger partial charge is 0.390 e. The highest BCUT2D eigenvalue weighted by Gasteiger charge is 2.32. The van der Waals surface area contributed by atoms with Gasteiger partial charge in [0.1, 0.15) is 6.61 Å². The van der Waals surface area contributed by atoms with Gasteiger partial charge in [-0.2, -0.15) is 8.78 Å². The minimum atomic E-state index is -3.20. The second-order valence-electron chi connectivity index (χ2n) is 3.13. The van der Waals surface area contributed by atoms with Crippen molar-refractivity contribution in [2.24, 2.45) is 0 Å². The summed E-state index contributed by atoms with van der Waals surface area (Å²) < 4.78 is 26.1. The van der Waals surface area contributed by atoms with Gasteiger partial charge in [-0.15, -0.1) is 0 Å². The maximum atomic E-state index is 13.0. The Bertz CT molecular complexity index is 417. The maximum Gasteiger partial charge on any atom is 0.310 e. The number of hydrogen-bond donors (Lipinski definition) is 2. The molecule has 2 rings (SSSR count). The topological polar surface area (TPSA) is 36.0 Å². The maximum absolute atomic E-state index is 13.0. The van der Waals surface area contributed by atoms with Crippen LogP contribution in [-0.2, 0) is 5.92 Å². The van der Waals surface area contributed by atoms with Crippen molar-refractivity contribution in [3.63, 3.8) is 0 Å². The number of aliphatic hydroxyl groups excluding tert-OH is 1. The molecule has 0 atom stereocenters. The van der Waals surface area contributed by atoms with Crippen LogP contribution in [0.25, 0.3) is 10.9 Å². The summed E-state index contributed by atoms with van der Waals surface area (Å²) >= 11 is 0. The summed E-state index contributed by atoms with van der Waals surface area (Å²) in [6, 6.07) is 8.34. The van der Waals surface area contributed by atoms with E-state index in [1.54, 1.807) is 24.3 Å². The molecule has 1 heterocycles. The van der Waals surface area contributed by atoms with Gasteiger partial charge in [-0.05, 0) is 17.5 Å². The van der Waals surface area contributed by atoms with E-state index in [4.69, 9.17) is 5.11 Å². The van der Waals surface area contributed by atoms with E-state index < -0.39 is 12.5 Å². The van der Waals surface area contributed by atoms with Crippen LogP contribution in [-0.4, -0.2) is 16.7 Å². The van der Waals surface area contributed by atoms with Crippen LogP contribution in [0.2, 0.25) is 0 Å². The average Bonchev–Trinajstić information content (AvgIpc) is 2.61. The number of fused-ring (bicyclic) bond motifs is 1. The summed E-state index contributed by atoms with van der Waals surface area (Å²) in [6.45, 7) is -1.18. The predicted octanol–water partition coefficient (Wildman–Crippen LogP) is 2.25. The zero-order valence-electron chi connectivity index (χ0n) is 7.30. The predicted molar refractivity (Wildman–Crippen MR) is 49.3 cm³/mol. The number of benzene rings is 1. The Balaban J connectivity index is 2.55. The summed E-state index contributed by atoms with van der Waals surface area (Å²) in [5, 5.41) is 9.22. The first kappa shape index (κ1) is 9.15. The summed E-state index contributed by atoms with van der Waals surface area (Å²) in [6.07, 6.45) is 0. The highest BCUT2D eigenvalue weighted by atomic mass is 19.3. The Hall–Kier alpha value is -1.42. The summed E-state index contributed by atoms with van der Waals surface area (Å²) in [4.78, 5) is 2.58. The SMILES string of the molecule is OCC(F)(F)c1cc2ccccc2[nH]1. The summed E-state index contributed by atoms with van der Waals surface area (Å²) in [7, 11) is 0. The van der Waals surface area contributed by atoms with Crippen molar-refractivity contribution in [1.82, 2.24) is 4.98 Å². The highest BCUT2D eigenvalue weighted by Crippen LogP contribution is 2.29. The lowest BCUT2D eigenvalue weighted by Gasteiger charge is -2.09. The Labute approximate surface area is 79.2 Å². The van der Waals surface area contributed by atoms with Crippen LogP contribution < -0.4 is 0 Å². The van der Waals surface area contributed by atoms with Gasteiger partial charge in [0.05, 0.1) is 5.69 Å². The number of H-pyrrole nitrogens is 1. The van der Waals surface area contributed by atoms with Gasteiger partial charge < -0.3 is 10.1 Å². The van der Waals surface area contributed by atoms with Crippen molar-refractivity contribution in [3.8, 4) is 0 Å². The van der Waals surface area contributed by atoms with Crippen molar-refractivity contribution < 1.29 is 13.9 Å². The number of hydrogen-bond acceptors (Lipinski definition) is 1. The summed E-state index contributed by atoms with van der Waals surface area (Å²) in [5.41, 5.74) is 0.400. The number of nitrogens with one attached hydrogen (secondary N) is 1. The molecule has 1 aromatic heterocycles. The lowest BCUT2D eigenvalue weighted by atomic mass is 10.2. The van der Waals surface area contributed by atoms with Crippen LogP contribution >= 0.6 is 0 Å². The highest BCUT2D eigenvalue weighted by molar-refractivity contribution is 5.80. The fourth-order valence-electron chi connectivity index (χ4n) is 1.36. The molecule has 2 nitrogen and oxygen atoms in total. The molecule has 0 aliphatic heterocycles. The lowest BCUT2D eigenvalue weighted by Crippen LogP contribution is -2.18. The van der Waals surface area contributed by atoms with E-state index in [2.05, 4.69) is 4.98 Å². The minimum Gasteiger partial charge on any atom is -0.390 e. The molecule has 0 bridgehead atoms. The van der Waals surface area contributed by atoms with E-state index in [0.29, 0.717) is 5.52 Å². The first-order chi connectivity index (χ1) is 6.63. The molecule has 74 valence electrons. The molecule has 0 fully saturated rings. The molecule has 0 unspecified atom stereocenters. The Kier molecular flexibility index (Phi) is 2.00. The lowest BCUT2D eigenvalue weighted by molar-refractivity contribution is -0.0586. The van der Waals surface area contributed by atoms with Gasteiger partial charge in [0.2, 0.25) is 0 Å². The first-order valence-electron chi connectivity index (χ1n) is 4.20. The van der Waals surface area contributed by atoms with Crippen molar-refractivity contribution in [2.45, 2.75) is 5.92 Å². The fraction of sp³-hybridized carbons (Fsp3) is 0.200. The monoisotopic (exact) mass is 197 g/mol. The number of aliphatic hydroxyl groups is 1. The Morgan fingerprint density at radius 3 is 2.64 bits per heavy atom. The molecular formula is C10H9F2NO.